The van der Waals surface area contributed by atoms with E-state index in [1.165, 1.54) is 12.8 Å². The van der Waals surface area contributed by atoms with Crippen molar-refractivity contribution in [1.29, 1.82) is 0 Å². The molecule has 0 saturated carbocycles. The topological polar surface area (TPSA) is 64.5 Å². The van der Waals surface area contributed by atoms with Gasteiger partial charge in [0.1, 0.15) is 0 Å². The van der Waals surface area contributed by atoms with E-state index in [1.54, 1.807) is 0 Å². The predicted octanol–water partition coefficient (Wildman–Crippen LogP) is -1.07. The first-order valence-electron chi connectivity index (χ1n) is 5.02. The van der Waals surface area contributed by atoms with Gasteiger partial charge in [-0.05, 0) is 38.4 Å². The number of piperidine rings is 1. The molecule has 1 aliphatic rings. The van der Waals surface area contributed by atoms with E-state index in [-0.39, 0.29) is 19.3 Å². The van der Waals surface area contributed by atoms with Crippen LogP contribution in [0.4, 0.5) is 0 Å². The van der Waals surface area contributed by atoms with Crippen LogP contribution in [0.1, 0.15) is 12.8 Å². The number of hydrogen-bond donors (Lipinski definition) is 4. The van der Waals surface area contributed by atoms with Crippen molar-refractivity contribution in [3.8, 4) is 0 Å². The van der Waals surface area contributed by atoms with Crippen LogP contribution in [-0.4, -0.2) is 49.1 Å². The molecule has 0 atom stereocenters. The Balaban J connectivity index is 2.09. The van der Waals surface area contributed by atoms with E-state index in [9.17, 15) is 0 Å². The molecule has 78 valence electrons. The Morgan fingerprint density at radius 2 is 1.85 bits per heavy atom. The number of nitrogens with one attached hydrogen (secondary N) is 2. The molecule has 4 nitrogen and oxygen atoms in total. The Kier molecular flexibility index (Phi) is 5.31. The summed E-state index contributed by atoms with van der Waals surface area (Å²) in [4.78, 5) is 0. The molecule has 1 heterocycles. The van der Waals surface area contributed by atoms with Crippen LogP contribution in [0.25, 0.3) is 0 Å². The lowest BCUT2D eigenvalue weighted by atomic mass is 9.98. The van der Waals surface area contributed by atoms with Gasteiger partial charge in [-0.25, -0.2) is 0 Å². The van der Waals surface area contributed by atoms with Gasteiger partial charge < -0.3 is 20.8 Å². The number of aliphatic hydroxyl groups is 2. The molecule has 0 spiro atoms. The highest BCUT2D eigenvalue weighted by molar-refractivity contribution is 4.73. The minimum Gasteiger partial charge on any atom is -0.395 e. The third-order valence-corrected chi connectivity index (χ3v) is 2.59. The maximum atomic E-state index is 8.82. The number of rotatable bonds is 5. The smallest absolute Gasteiger partial charge is 0.0607 e. The van der Waals surface area contributed by atoms with Crippen molar-refractivity contribution in [3.63, 3.8) is 0 Å². The van der Waals surface area contributed by atoms with Gasteiger partial charge in [0.05, 0.1) is 19.3 Å². The third-order valence-electron chi connectivity index (χ3n) is 2.59. The first-order chi connectivity index (χ1) is 6.36. The molecular weight excluding hydrogens is 168 g/mol. The molecule has 1 fully saturated rings. The second-order valence-electron chi connectivity index (χ2n) is 3.66. The molecule has 1 saturated heterocycles. The van der Waals surface area contributed by atoms with E-state index in [0.717, 1.165) is 19.6 Å². The second kappa shape index (κ2) is 6.32. The van der Waals surface area contributed by atoms with Gasteiger partial charge >= 0.3 is 0 Å². The van der Waals surface area contributed by atoms with Crippen LogP contribution in [0.3, 0.4) is 0 Å². The summed E-state index contributed by atoms with van der Waals surface area (Å²) < 4.78 is 0. The minimum absolute atomic E-state index is 0.0153. The zero-order valence-electron chi connectivity index (χ0n) is 8.00. The molecule has 0 aliphatic carbocycles. The second-order valence-corrected chi connectivity index (χ2v) is 3.66. The Hall–Kier alpha value is -0.160. The molecule has 4 heteroatoms. The average molecular weight is 188 g/mol. The van der Waals surface area contributed by atoms with Crippen LogP contribution in [0.15, 0.2) is 0 Å². The Bertz CT molecular complexity index is 123. The van der Waals surface area contributed by atoms with E-state index in [0.29, 0.717) is 5.92 Å². The van der Waals surface area contributed by atoms with Crippen molar-refractivity contribution >= 4 is 0 Å². The van der Waals surface area contributed by atoms with Gasteiger partial charge in [0.25, 0.3) is 0 Å². The van der Waals surface area contributed by atoms with Crippen LogP contribution in [-0.2, 0) is 0 Å². The maximum absolute atomic E-state index is 8.82. The largest absolute Gasteiger partial charge is 0.395 e. The molecule has 1 aliphatic heterocycles. The molecule has 0 aromatic rings. The van der Waals surface area contributed by atoms with Gasteiger partial charge in [-0.1, -0.05) is 0 Å². The lowest BCUT2D eigenvalue weighted by Gasteiger charge is -2.24. The molecule has 0 radical (unpaired) electrons. The number of hydrogen-bond acceptors (Lipinski definition) is 4. The van der Waals surface area contributed by atoms with Crippen LogP contribution >= 0.6 is 0 Å². The highest BCUT2D eigenvalue weighted by Gasteiger charge is 2.14. The maximum Gasteiger partial charge on any atom is 0.0607 e. The van der Waals surface area contributed by atoms with Crippen LogP contribution in [0.5, 0.6) is 0 Å². The van der Waals surface area contributed by atoms with Gasteiger partial charge in [0.2, 0.25) is 0 Å². The van der Waals surface area contributed by atoms with Crippen molar-refractivity contribution in [1.82, 2.24) is 10.6 Å². The van der Waals surface area contributed by atoms with E-state index in [2.05, 4.69) is 10.6 Å². The summed E-state index contributed by atoms with van der Waals surface area (Å²) in [5, 5.41) is 24.1. The highest BCUT2D eigenvalue weighted by atomic mass is 16.3. The van der Waals surface area contributed by atoms with E-state index >= 15 is 0 Å². The quantitative estimate of drug-likeness (QED) is 0.443. The van der Waals surface area contributed by atoms with Gasteiger partial charge in [-0.3, -0.25) is 0 Å². The third kappa shape index (κ3) is 4.04. The predicted molar refractivity (Wildman–Crippen MR) is 51.6 cm³/mol. The van der Waals surface area contributed by atoms with Crippen molar-refractivity contribution in [3.05, 3.63) is 0 Å². The summed E-state index contributed by atoms with van der Waals surface area (Å²) in [7, 11) is 0. The van der Waals surface area contributed by atoms with Crippen molar-refractivity contribution in [2.75, 3.05) is 32.8 Å². The fourth-order valence-corrected chi connectivity index (χ4v) is 1.61. The zero-order valence-corrected chi connectivity index (χ0v) is 8.00. The molecule has 0 amide bonds. The summed E-state index contributed by atoms with van der Waals surface area (Å²) in [6.07, 6.45) is 2.38. The summed E-state index contributed by atoms with van der Waals surface area (Å²) in [6.45, 7) is 3.13. The Labute approximate surface area is 79.3 Å². The normalized spacial score (nSPS) is 19.6. The van der Waals surface area contributed by atoms with Crippen molar-refractivity contribution in [2.45, 2.75) is 18.9 Å². The first kappa shape index (κ1) is 10.9. The number of aliphatic hydroxyl groups excluding tert-OH is 2. The minimum atomic E-state index is -0.144. The lowest BCUT2D eigenvalue weighted by molar-refractivity contribution is 0.164. The average Bonchev–Trinajstić information content (AvgIpc) is 2.21. The molecule has 0 bridgehead atoms. The SMILES string of the molecule is OCC(CO)NCC1CCNCC1. The fraction of sp³-hybridized carbons (Fsp3) is 1.00. The summed E-state index contributed by atoms with van der Waals surface area (Å²) in [5.74, 6) is 0.696. The lowest BCUT2D eigenvalue weighted by Crippen LogP contribution is -2.41. The van der Waals surface area contributed by atoms with Gasteiger partial charge in [0.15, 0.2) is 0 Å². The van der Waals surface area contributed by atoms with Gasteiger partial charge in [0, 0.05) is 0 Å². The van der Waals surface area contributed by atoms with E-state index < -0.39 is 0 Å². The molecule has 0 unspecified atom stereocenters. The molecule has 1 rings (SSSR count). The van der Waals surface area contributed by atoms with Crippen molar-refractivity contribution < 1.29 is 10.2 Å². The van der Waals surface area contributed by atoms with Crippen LogP contribution in [0.2, 0.25) is 0 Å². The fourth-order valence-electron chi connectivity index (χ4n) is 1.61. The standard InChI is InChI=1S/C9H20N2O2/c12-6-9(7-13)11-5-8-1-3-10-4-2-8/h8-13H,1-7H2. The van der Waals surface area contributed by atoms with Gasteiger partial charge in [-0.2, -0.15) is 0 Å². The van der Waals surface area contributed by atoms with Crippen molar-refractivity contribution in [2.24, 2.45) is 5.92 Å². The first-order valence-corrected chi connectivity index (χ1v) is 5.02. The molecular formula is C9H20N2O2. The molecule has 4 N–H and O–H groups in total. The summed E-state index contributed by atoms with van der Waals surface area (Å²) in [6, 6.07) is -0.144. The van der Waals surface area contributed by atoms with Crippen LogP contribution < -0.4 is 10.6 Å². The Morgan fingerprint density at radius 3 is 2.38 bits per heavy atom. The highest BCUT2D eigenvalue weighted by Crippen LogP contribution is 2.09. The van der Waals surface area contributed by atoms with Crippen LogP contribution in [0, 0.1) is 5.92 Å². The molecule has 13 heavy (non-hydrogen) atoms. The van der Waals surface area contributed by atoms with E-state index in [1.807, 2.05) is 0 Å². The molecule has 0 aromatic carbocycles. The molecule has 0 aromatic heterocycles. The van der Waals surface area contributed by atoms with E-state index in [4.69, 9.17) is 10.2 Å². The monoisotopic (exact) mass is 188 g/mol. The summed E-state index contributed by atoms with van der Waals surface area (Å²) in [5.41, 5.74) is 0. The zero-order chi connectivity index (χ0) is 9.52. The van der Waals surface area contributed by atoms with Gasteiger partial charge in [-0.15, -0.1) is 0 Å². The summed E-state index contributed by atoms with van der Waals surface area (Å²) >= 11 is 0. The Morgan fingerprint density at radius 1 is 1.23 bits per heavy atom.